The van der Waals surface area contributed by atoms with Crippen LogP contribution < -0.4 is 20.1 Å². The number of ether oxygens (including phenoxy) is 2. The Hall–Kier alpha value is -3.46. The van der Waals surface area contributed by atoms with E-state index in [0.29, 0.717) is 35.4 Å². The summed E-state index contributed by atoms with van der Waals surface area (Å²) in [5.41, 5.74) is 0.646. The van der Waals surface area contributed by atoms with Crippen LogP contribution in [0.4, 0.5) is 11.5 Å². The summed E-state index contributed by atoms with van der Waals surface area (Å²) in [6.07, 6.45) is 0. The Morgan fingerprint density at radius 3 is 2.10 bits per heavy atom. The number of carbonyl (C=O) groups excluding carboxylic acids is 2. The summed E-state index contributed by atoms with van der Waals surface area (Å²) < 4.78 is 16.1. The first-order valence-electron chi connectivity index (χ1n) is 9.63. The van der Waals surface area contributed by atoms with E-state index in [1.54, 1.807) is 37.3 Å². The van der Waals surface area contributed by atoms with Crippen LogP contribution in [0.25, 0.3) is 0 Å². The summed E-state index contributed by atoms with van der Waals surface area (Å²) in [7, 11) is 0. The van der Waals surface area contributed by atoms with Crippen molar-refractivity contribution in [1.29, 1.82) is 0 Å². The van der Waals surface area contributed by atoms with Crippen molar-refractivity contribution in [3.05, 3.63) is 60.4 Å². The number of aryl methyl sites for hydroxylation is 1. The lowest BCUT2D eigenvalue weighted by atomic mass is 10.3. The molecule has 0 unspecified atom stereocenters. The van der Waals surface area contributed by atoms with Gasteiger partial charge in [0, 0.05) is 11.8 Å². The van der Waals surface area contributed by atoms with Crippen LogP contribution in [0.15, 0.2) is 59.1 Å². The van der Waals surface area contributed by atoms with E-state index in [2.05, 4.69) is 15.8 Å². The van der Waals surface area contributed by atoms with Crippen molar-refractivity contribution in [2.75, 3.05) is 28.7 Å². The second kappa shape index (κ2) is 11.1. The first kappa shape index (κ1) is 22.2. The van der Waals surface area contributed by atoms with Gasteiger partial charge < -0.3 is 24.6 Å². The zero-order valence-corrected chi connectivity index (χ0v) is 18.0. The number of amides is 2. The number of carbonyl (C=O) groups is 2. The Morgan fingerprint density at radius 2 is 1.52 bits per heavy atom. The molecule has 0 atom stereocenters. The van der Waals surface area contributed by atoms with Gasteiger partial charge in [-0.3, -0.25) is 9.59 Å². The van der Waals surface area contributed by atoms with E-state index in [-0.39, 0.29) is 23.3 Å². The van der Waals surface area contributed by atoms with Crippen LogP contribution in [0.3, 0.4) is 0 Å². The van der Waals surface area contributed by atoms with Crippen LogP contribution >= 0.6 is 11.8 Å². The highest BCUT2D eigenvalue weighted by Gasteiger charge is 2.09. The van der Waals surface area contributed by atoms with Crippen LogP contribution in [-0.4, -0.2) is 35.1 Å². The molecule has 0 spiro atoms. The predicted molar refractivity (Wildman–Crippen MR) is 120 cm³/mol. The molecule has 2 amide bonds. The molecular weight excluding hydrogens is 418 g/mol. The molecule has 0 aliphatic heterocycles. The highest BCUT2D eigenvalue weighted by Crippen LogP contribution is 2.25. The van der Waals surface area contributed by atoms with Gasteiger partial charge >= 0.3 is 0 Å². The normalized spacial score (nSPS) is 10.4. The molecular formula is C22H23N3O5S. The van der Waals surface area contributed by atoms with Crippen molar-refractivity contribution >= 4 is 35.1 Å². The van der Waals surface area contributed by atoms with E-state index in [1.807, 2.05) is 31.2 Å². The summed E-state index contributed by atoms with van der Waals surface area (Å²) in [4.78, 5) is 23.9. The zero-order valence-electron chi connectivity index (χ0n) is 17.2. The Labute approximate surface area is 184 Å². The number of hydrogen-bond donors (Lipinski definition) is 2. The maximum absolute atomic E-state index is 12.1. The minimum Gasteiger partial charge on any atom is -0.494 e. The smallest absolute Gasteiger partial charge is 0.235 e. The number of nitrogens with one attached hydrogen (secondary N) is 2. The van der Waals surface area contributed by atoms with E-state index in [0.717, 1.165) is 5.75 Å². The van der Waals surface area contributed by atoms with Gasteiger partial charge in [0.15, 0.2) is 5.82 Å². The second-order valence-electron chi connectivity index (χ2n) is 6.44. The molecule has 3 rings (SSSR count). The van der Waals surface area contributed by atoms with Crippen LogP contribution in [0.1, 0.15) is 12.7 Å². The number of thioether (sulfide) groups is 1. The first-order valence-corrected chi connectivity index (χ1v) is 10.8. The third-order valence-corrected chi connectivity index (χ3v) is 4.80. The molecule has 0 radical (unpaired) electrons. The molecule has 2 aromatic carbocycles. The van der Waals surface area contributed by atoms with Crippen molar-refractivity contribution in [3.8, 4) is 17.2 Å². The van der Waals surface area contributed by atoms with E-state index >= 15 is 0 Å². The van der Waals surface area contributed by atoms with Gasteiger partial charge in [-0.05, 0) is 62.4 Å². The summed E-state index contributed by atoms with van der Waals surface area (Å²) >= 11 is 1.21. The lowest BCUT2D eigenvalue weighted by molar-refractivity contribution is -0.114. The molecule has 162 valence electrons. The Balaban J connectivity index is 1.39. The monoisotopic (exact) mass is 441 g/mol. The third kappa shape index (κ3) is 7.38. The van der Waals surface area contributed by atoms with Gasteiger partial charge in [0.2, 0.25) is 11.8 Å². The van der Waals surface area contributed by atoms with Crippen LogP contribution in [0.2, 0.25) is 0 Å². The highest BCUT2D eigenvalue weighted by molar-refractivity contribution is 8.00. The molecule has 31 heavy (non-hydrogen) atoms. The van der Waals surface area contributed by atoms with Crippen molar-refractivity contribution in [3.63, 3.8) is 0 Å². The van der Waals surface area contributed by atoms with E-state index < -0.39 is 0 Å². The van der Waals surface area contributed by atoms with Gasteiger partial charge in [0.1, 0.15) is 23.0 Å². The van der Waals surface area contributed by atoms with Gasteiger partial charge in [-0.15, -0.1) is 11.8 Å². The van der Waals surface area contributed by atoms with Gasteiger partial charge in [0.25, 0.3) is 0 Å². The molecule has 8 nitrogen and oxygen atoms in total. The molecule has 0 aliphatic rings. The molecule has 0 saturated heterocycles. The molecule has 0 bridgehead atoms. The molecule has 2 N–H and O–H groups in total. The Bertz CT molecular complexity index is 1000. The van der Waals surface area contributed by atoms with E-state index in [1.165, 1.54) is 11.8 Å². The number of benzene rings is 2. The molecule has 3 aromatic rings. The SMILES string of the molecule is CCOc1ccc(Oc2ccc(NC(=O)CSCC(=O)Nc3cc(C)on3)cc2)cc1. The Morgan fingerprint density at radius 1 is 0.935 bits per heavy atom. The predicted octanol–water partition coefficient (Wildman–Crippen LogP) is 4.48. The summed E-state index contributed by atoms with van der Waals surface area (Å²) in [6, 6.07) is 16.0. The van der Waals surface area contributed by atoms with E-state index in [9.17, 15) is 9.59 Å². The van der Waals surface area contributed by atoms with Gasteiger partial charge in [-0.25, -0.2) is 0 Å². The molecule has 0 saturated carbocycles. The lowest BCUT2D eigenvalue weighted by Crippen LogP contribution is -2.18. The zero-order chi connectivity index (χ0) is 22.1. The third-order valence-electron chi connectivity index (χ3n) is 3.87. The fraction of sp³-hybridized carbons (Fsp3) is 0.227. The standard InChI is InChI=1S/C22H23N3O5S/c1-3-28-17-8-10-19(11-9-17)29-18-6-4-16(5-7-18)23-21(26)13-31-14-22(27)24-20-12-15(2)30-25-20/h4-12H,3,13-14H2,1-2H3,(H,23,26)(H,24,25,27). The number of hydrogen-bond acceptors (Lipinski definition) is 7. The number of nitrogens with zero attached hydrogens (tertiary/aromatic N) is 1. The number of anilines is 2. The van der Waals surface area contributed by atoms with Gasteiger partial charge in [0.05, 0.1) is 18.1 Å². The maximum atomic E-state index is 12.1. The molecule has 1 aromatic heterocycles. The van der Waals surface area contributed by atoms with E-state index in [4.69, 9.17) is 14.0 Å². The summed E-state index contributed by atoms with van der Waals surface area (Å²) in [6.45, 7) is 4.28. The first-order chi connectivity index (χ1) is 15.0. The Kier molecular flexibility index (Phi) is 7.94. The second-order valence-corrected chi connectivity index (χ2v) is 7.43. The number of aromatic nitrogens is 1. The minimum atomic E-state index is -0.248. The van der Waals surface area contributed by atoms with Crippen molar-refractivity contribution in [1.82, 2.24) is 5.16 Å². The van der Waals surface area contributed by atoms with Crippen molar-refractivity contribution in [2.45, 2.75) is 13.8 Å². The average Bonchev–Trinajstić information content (AvgIpc) is 3.15. The maximum Gasteiger partial charge on any atom is 0.235 e. The molecule has 0 aliphatic carbocycles. The van der Waals surface area contributed by atoms with Crippen LogP contribution in [0, 0.1) is 6.92 Å². The van der Waals surface area contributed by atoms with Crippen molar-refractivity contribution < 1.29 is 23.6 Å². The van der Waals surface area contributed by atoms with Gasteiger partial charge in [-0.1, -0.05) is 5.16 Å². The molecule has 1 heterocycles. The van der Waals surface area contributed by atoms with Gasteiger partial charge in [-0.2, -0.15) is 0 Å². The quantitative estimate of drug-likeness (QED) is 0.478. The fourth-order valence-electron chi connectivity index (χ4n) is 2.55. The fourth-order valence-corrected chi connectivity index (χ4v) is 3.17. The van der Waals surface area contributed by atoms with Crippen LogP contribution in [-0.2, 0) is 9.59 Å². The molecule has 0 fully saturated rings. The summed E-state index contributed by atoms with van der Waals surface area (Å²) in [5, 5.41) is 9.08. The lowest BCUT2D eigenvalue weighted by Gasteiger charge is -2.09. The molecule has 9 heteroatoms. The topological polar surface area (TPSA) is 103 Å². The van der Waals surface area contributed by atoms with Crippen molar-refractivity contribution in [2.24, 2.45) is 0 Å². The van der Waals surface area contributed by atoms with Crippen LogP contribution in [0.5, 0.6) is 17.2 Å². The highest BCUT2D eigenvalue weighted by atomic mass is 32.2. The minimum absolute atomic E-state index is 0.133. The average molecular weight is 442 g/mol. The summed E-state index contributed by atoms with van der Waals surface area (Å²) in [5.74, 6) is 2.93. The number of rotatable bonds is 10. The largest absolute Gasteiger partial charge is 0.494 e.